The van der Waals surface area contributed by atoms with Crippen LogP contribution < -0.4 is 0 Å². The quantitative estimate of drug-likeness (QED) is 0.610. The Labute approximate surface area is 141 Å². The second-order valence-corrected chi connectivity index (χ2v) is 6.01. The molecule has 0 saturated carbocycles. The van der Waals surface area contributed by atoms with Crippen molar-refractivity contribution in [3.05, 3.63) is 76.1 Å². The van der Waals surface area contributed by atoms with Crippen LogP contribution in [0.1, 0.15) is 36.4 Å². The van der Waals surface area contributed by atoms with Crippen molar-refractivity contribution in [1.82, 2.24) is 9.88 Å². The van der Waals surface area contributed by atoms with E-state index >= 15 is 0 Å². The van der Waals surface area contributed by atoms with Crippen molar-refractivity contribution >= 4 is 11.8 Å². The van der Waals surface area contributed by atoms with Gasteiger partial charge in [0.2, 0.25) is 0 Å². The molecule has 1 unspecified atom stereocenters. The van der Waals surface area contributed by atoms with Crippen LogP contribution >= 0.6 is 0 Å². The lowest BCUT2D eigenvalue weighted by atomic mass is 9.96. The van der Waals surface area contributed by atoms with E-state index in [0.29, 0.717) is 11.6 Å². The van der Waals surface area contributed by atoms with Crippen LogP contribution in [0.15, 0.2) is 54.9 Å². The minimum Gasteiger partial charge on any atom is -0.293 e. The summed E-state index contributed by atoms with van der Waals surface area (Å²) < 4.78 is 0. The van der Waals surface area contributed by atoms with Gasteiger partial charge in [-0.25, -0.2) is 0 Å². The second-order valence-electron chi connectivity index (χ2n) is 6.01. The van der Waals surface area contributed by atoms with E-state index in [0.717, 1.165) is 19.5 Å². The van der Waals surface area contributed by atoms with E-state index in [1.165, 1.54) is 18.4 Å². The summed E-state index contributed by atoms with van der Waals surface area (Å²) in [6.07, 6.45) is 11.2. The minimum absolute atomic E-state index is 0.149. The number of hydrogen-bond donors (Lipinski definition) is 0. The largest absolute Gasteiger partial charge is 0.293 e. The molecule has 1 aromatic carbocycles. The molecule has 0 spiro atoms. The van der Waals surface area contributed by atoms with Crippen molar-refractivity contribution in [3.8, 4) is 0 Å². The van der Waals surface area contributed by atoms with E-state index < -0.39 is 0 Å². The Morgan fingerprint density at radius 1 is 1.25 bits per heavy atom. The predicted molar refractivity (Wildman–Crippen MR) is 94.5 cm³/mol. The second kappa shape index (κ2) is 7.84. The van der Waals surface area contributed by atoms with Crippen LogP contribution in [0.2, 0.25) is 0 Å². The number of likely N-dealkylation sites (tertiary alicyclic amines) is 1. The van der Waals surface area contributed by atoms with E-state index in [1.54, 1.807) is 24.4 Å². The molecule has 0 N–H and O–H groups in total. The number of piperidine rings is 1. The van der Waals surface area contributed by atoms with Gasteiger partial charge in [-0.15, -0.1) is 0 Å². The van der Waals surface area contributed by atoms with Crippen molar-refractivity contribution in [2.45, 2.75) is 25.3 Å². The highest BCUT2D eigenvalue weighted by Gasteiger charge is 2.22. The SMILES string of the molecule is O=[N+]([O-])c1ccccc1/C=C/CN1CCCCC1c1cccnc1. The van der Waals surface area contributed by atoms with Crippen molar-refractivity contribution in [2.24, 2.45) is 0 Å². The standard InChI is InChI=1S/C19H21N3O2/c23-22(24)19-11-2-1-7-16(19)9-6-14-21-13-4-3-10-18(21)17-8-5-12-20-15-17/h1-2,5-9,11-12,15,18H,3-4,10,13-14H2/b9-6+. The fourth-order valence-electron chi connectivity index (χ4n) is 3.27. The van der Waals surface area contributed by atoms with E-state index in [2.05, 4.69) is 16.0 Å². The molecule has 0 amide bonds. The first kappa shape index (κ1) is 16.3. The van der Waals surface area contributed by atoms with Gasteiger partial charge in [0.05, 0.1) is 10.5 Å². The minimum atomic E-state index is -0.334. The number of nitro benzene ring substituents is 1. The van der Waals surface area contributed by atoms with Crippen LogP contribution in [-0.2, 0) is 0 Å². The van der Waals surface area contributed by atoms with Crippen LogP contribution in [0.5, 0.6) is 0 Å². The van der Waals surface area contributed by atoms with Gasteiger partial charge in [-0.05, 0) is 37.1 Å². The van der Waals surface area contributed by atoms with E-state index in [-0.39, 0.29) is 10.6 Å². The molecule has 2 aromatic rings. The van der Waals surface area contributed by atoms with Gasteiger partial charge >= 0.3 is 0 Å². The number of rotatable bonds is 5. The molecule has 5 heteroatoms. The molecule has 24 heavy (non-hydrogen) atoms. The van der Waals surface area contributed by atoms with Crippen molar-refractivity contribution in [1.29, 1.82) is 0 Å². The van der Waals surface area contributed by atoms with Crippen molar-refractivity contribution in [3.63, 3.8) is 0 Å². The van der Waals surface area contributed by atoms with Gasteiger partial charge in [0.25, 0.3) is 5.69 Å². The van der Waals surface area contributed by atoms with Crippen LogP contribution in [0, 0.1) is 10.1 Å². The van der Waals surface area contributed by atoms with E-state index in [1.807, 2.05) is 30.5 Å². The van der Waals surface area contributed by atoms with Crippen molar-refractivity contribution in [2.75, 3.05) is 13.1 Å². The average molecular weight is 323 g/mol. The Kier molecular flexibility index (Phi) is 5.33. The molecular weight excluding hydrogens is 302 g/mol. The summed E-state index contributed by atoms with van der Waals surface area (Å²) in [4.78, 5) is 17.4. The van der Waals surface area contributed by atoms with Gasteiger partial charge in [-0.1, -0.05) is 36.8 Å². The summed E-state index contributed by atoms with van der Waals surface area (Å²) in [6, 6.07) is 11.3. The summed E-state index contributed by atoms with van der Waals surface area (Å²) in [5.74, 6) is 0. The Morgan fingerprint density at radius 3 is 2.92 bits per heavy atom. The predicted octanol–water partition coefficient (Wildman–Crippen LogP) is 4.23. The molecule has 0 aliphatic carbocycles. The zero-order valence-corrected chi connectivity index (χ0v) is 13.5. The molecule has 5 nitrogen and oxygen atoms in total. The van der Waals surface area contributed by atoms with Gasteiger partial charge in [0, 0.05) is 31.0 Å². The smallest absolute Gasteiger partial charge is 0.276 e. The molecule has 1 fully saturated rings. The molecule has 1 aliphatic heterocycles. The molecule has 0 radical (unpaired) electrons. The molecule has 124 valence electrons. The molecule has 1 aromatic heterocycles. The maximum absolute atomic E-state index is 11.1. The van der Waals surface area contributed by atoms with Gasteiger partial charge in [-0.2, -0.15) is 0 Å². The highest BCUT2D eigenvalue weighted by Crippen LogP contribution is 2.30. The normalized spacial score (nSPS) is 18.8. The van der Waals surface area contributed by atoms with Crippen LogP contribution in [0.25, 0.3) is 6.08 Å². The molecule has 0 bridgehead atoms. The van der Waals surface area contributed by atoms with E-state index in [9.17, 15) is 10.1 Å². The number of benzene rings is 1. The third kappa shape index (κ3) is 3.86. The number of nitrogens with zero attached hydrogens (tertiary/aromatic N) is 3. The topological polar surface area (TPSA) is 59.3 Å². The maximum atomic E-state index is 11.1. The van der Waals surface area contributed by atoms with Crippen molar-refractivity contribution < 1.29 is 4.92 Å². The first-order valence-corrected chi connectivity index (χ1v) is 8.29. The van der Waals surface area contributed by atoms with Gasteiger partial charge in [-0.3, -0.25) is 20.0 Å². The Hall–Kier alpha value is -2.53. The fraction of sp³-hybridized carbons (Fsp3) is 0.316. The first-order chi connectivity index (χ1) is 11.8. The third-order valence-corrected chi connectivity index (χ3v) is 4.45. The van der Waals surface area contributed by atoms with Crippen LogP contribution in [-0.4, -0.2) is 27.9 Å². The van der Waals surface area contributed by atoms with Crippen LogP contribution in [0.4, 0.5) is 5.69 Å². The molecule has 2 heterocycles. The Bertz CT molecular complexity index is 716. The highest BCUT2D eigenvalue weighted by molar-refractivity contribution is 5.60. The average Bonchev–Trinajstić information content (AvgIpc) is 2.63. The maximum Gasteiger partial charge on any atom is 0.276 e. The summed E-state index contributed by atoms with van der Waals surface area (Å²) >= 11 is 0. The Balaban J connectivity index is 1.72. The lowest BCUT2D eigenvalue weighted by Gasteiger charge is -2.35. The number of pyridine rings is 1. The summed E-state index contributed by atoms with van der Waals surface area (Å²) in [5, 5.41) is 11.1. The lowest BCUT2D eigenvalue weighted by molar-refractivity contribution is -0.385. The molecule has 1 saturated heterocycles. The number of nitro groups is 1. The van der Waals surface area contributed by atoms with Gasteiger partial charge in [0.15, 0.2) is 0 Å². The number of para-hydroxylation sites is 1. The molecule has 1 atom stereocenters. The summed E-state index contributed by atoms with van der Waals surface area (Å²) in [5.41, 5.74) is 2.05. The van der Waals surface area contributed by atoms with E-state index in [4.69, 9.17) is 0 Å². The summed E-state index contributed by atoms with van der Waals surface area (Å²) in [7, 11) is 0. The number of aromatic nitrogens is 1. The molecule has 3 rings (SSSR count). The zero-order chi connectivity index (χ0) is 16.8. The fourth-order valence-corrected chi connectivity index (χ4v) is 3.27. The Morgan fingerprint density at radius 2 is 2.12 bits per heavy atom. The highest BCUT2D eigenvalue weighted by atomic mass is 16.6. The van der Waals surface area contributed by atoms with Crippen LogP contribution in [0.3, 0.4) is 0 Å². The number of hydrogen-bond acceptors (Lipinski definition) is 4. The third-order valence-electron chi connectivity index (χ3n) is 4.45. The molecule has 1 aliphatic rings. The zero-order valence-electron chi connectivity index (χ0n) is 13.5. The molecular formula is C19H21N3O2. The first-order valence-electron chi connectivity index (χ1n) is 8.29. The monoisotopic (exact) mass is 323 g/mol. The van der Waals surface area contributed by atoms with Gasteiger partial charge < -0.3 is 0 Å². The lowest BCUT2D eigenvalue weighted by Crippen LogP contribution is -2.33. The summed E-state index contributed by atoms with van der Waals surface area (Å²) in [6.45, 7) is 1.83. The van der Waals surface area contributed by atoms with Gasteiger partial charge in [0.1, 0.15) is 0 Å².